The van der Waals surface area contributed by atoms with Crippen LogP contribution in [0.5, 0.6) is 5.75 Å². The molecule has 0 unspecified atom stereocenters. The molecule has 19 heavy (non-hydrogen) atoms. The quantitative estimate of drug-likeness (QED) is 0.811. The molecule has 0 saturated heterocycles. The predicted molar refractivity (Wildman–Crippen MR) is 73.9 cm³/mol. The van der Waals surface area contributed by atoms with Crippen LogP contribution in [0.15, 0.2) is 22.7 Å². The van der Waals surface area contributed by atoms with Gasteiger partial charge in [0.1, 0.15) is 11.3 Å². The SMILES string of the molecule is CC(C)CNC(=O)COC(=O)c1cc(Br)ccc1O. The highest BCUT2D eigenvalue weighted by atomic mass is 79.9. The summed E-state index contributed by atoms with van der Waals surface area (Å²) in [5.41, 5.74) is 0.0195. The van der Waals surface area contributed by atoms with Crippen molar-refractivity contribution in [1.29, 1.82) is 0 Å². The molecule has 0 aliphatic rings. The Hall–Kier alpha value is -1.56. The van der Waals surface area contributed by atoms with E-state index in [-0.39, 0.29) is 23.8 Å². The number of esters is 1. The molecule has 1 aromatic carbocycles. The molecular formula is C13H16BrNO4. The monoisotopic (exact) mass is 329 g/mol. The van der Waals surface area contributed by atoms with E-state index in [1.807, 2.05) is 13.8 Å². The summed E-state index contributed by atoms with van der Waals surface area (Å²) in [4.78, 5) is 23.1. The van der Waals surface area contributed by atoms with Crippen LogP contribution < -0.4 is 5.32 Å². The molecule has 5 nitrogen and oxygen atoms in total. The minimum Gasteiger partial charge on any atom is -0.507 e. The Labute approximate surface area is 120 Å². The highest BCUT2D eigenvalue weighted by molar-refractivity contribution is 9.10. The Morgan fingerprint density at radius 3 is 2.74 bits per heavy atom. The third-order valence-electron chi connectivity index (χ3n) is 2.22. The summed E-state index contributed by atoms with van der Waals surface area (Å²) in [5.74, 6) is -0.959. The molecule has 1 amide bonds. The summed E-state index contributed by atoms with van der Waals surface area (Å²) in [5, 5.41) is 12.2. The zero-order valence-corrected chi connectivity index (χ0v) is 12.4. The summed E-state index contributed by atoms with van der Waals surface area (Å²) >= 11 is 3.19. The van der Waals surface area contributed by atoms with E-state index in [2.05, 4.69) is 21.2 Å². The second-order valence-electron chi connectivity index (χ2n) is 4.44. The Morgan fingerprint density at radius 1 is 1.42 bits per heavy atom. The number of halogens is 1. The maximum Gasteiger partial charge on any atom is 0.342 e. The molecule has 0 aliphatic carbocycles. The third kappa shape index (κ3) is 5.30. The van der Waals surface area contributed by atoms with Crippen LogP contribution in [-0.4, -0.2) is 30.1 Å². The van der Waals surface area contributed by atoms with Crippen molar-refractivity contribution in [3.8, 4) is 5.75 Å². The van der Waals surface area contributed by atoms with E-state index >= 15 is 0 Å². The fraction of sp³-hybridized carbons (Fsp3) is 0.385. The van der Waals surface area contributed by atoms with Crippen LogP contribution in [0.3, 0.4) is 0 Å². The molecule has 6 heteroatoms. The average Bonchev–Trinajstić information content (AvgIpc) is 2.36. The van der Waals surface area contributed by atoms with Crippen LogP contribution in [0.25, 0.3) is 0 Å². The molecule has 0 radical (unpaired) electrons. The molecule has 0 aliphatic heterocycles. The molecule has 1 rings (SSSR count). The molecular weight excluding hydrogens is 314 g/mol. The number of ether oxygens (including phenoxy) is 1. The van der Waals surface area contributed by atoms with Gasteiger partial charge in [-0.05, 0) is 24.1 Å². The second-order valence-corrected chi connectivity index (χ2v) is 5.35. The molecule has 0 saturated carbocycles. The van der Waals surface area contributed by atoms with Crippen LogP contribution in [0.4, 0.5) is 0 Å². The van der Waals surface area contributed by atoms with Gasteiger partial charge in [0.05, 0.1) is 0 Å². The zero-order chi connectivity index (χ0) is 14.4. The molecule has 0 heterocycles. The average molecular weight is 330 g/mol. The molecule has 0 aromatic heterocycles. The summed E-state index contributed by atoms with van der Waals surface area (Å²) in [7, 11) is 0. The lowest BCUT2D eigenvalue weighted by molar-refractivity contribution is -0.124. The van der Waals surface area contributed by atoms with Gasteiger partial charge in [0, 0.05) is 11.0 Å². The number of phenols is 1. The van der Waals surface area contributed by atoms with Gasteiger partial charge in [0.25, 0.3) is 5.91 Å². The normalized spacial score (nSPS) is 10.3. The Bertz CT molecular complexity index is 474. The minimum absolute atomic E-state index is 0.0195. The van der Waals surface area contributed by atoms with Gasteiger partial charge in [0.2, 0.25) is 0 Å². The van der Waals surface area contributed by atoms with E-state index in [0.29, 0.717) is 16.9 Å². The van der Waals surface area contributed by atoms with Crippen LogP contribution >= 0.6 is 15.9 Å². The summed E-state index contributed by atoms with van der Waals surface area (Å²) in [6.45, 7) is 4.09. The zero-order valence-electron chi connectivity index (χ0n) is 10.8. The number of carbonyl (C=O) groups excluding carboxylic acids is 2. The van der Waals surface area contributed by atoms with Crippen molar-refractivity contribution in [3.05, 3.63) is 28.2 Å². The fourth-order valence-corrected chi connectivity index (χ4v) is 1.61. The summed E-state index contributed by atoms with van der Waals surface area (Å²) < 4.78 is 5.47. The number of hydrogen-bond acceptors (Lipinski definition) is 4. The maximum atomic E-state index is 11.7. The van der Waals surface area contributed by atoms with Gasteiger partial charge in [-0.1, -0.05) is 29.8 Å². The standard InChI is InChI=1S/C13H16BrNO4/c1-8(2)6-15-12(17)7-19-13(18)10-5-9(14)3-4-11(10)16/h3-5,8,16H,6-7H2,1-2H3,(H,15,17). The molecule has 2 N–H and O–H groups in total. The molecule has 0 fully saturated rings. The number of benzene rings is 1. The van der Waals surface area contributed by atoms with E-state index in [9.17, 15) is 14.7 Å². The topological polar surface area (TPSA) is 75.6 Å². The third-order valence-corrected chi connectivity index (χ3v) is 2.71. The predicted octanol–water partition coefficient (Wildman–Crippen LogP) is 2.08. The van der Waals surface area contributed by atoms with Crippen molar-refractivity contribution in [2.75, 3.05) is 13.2 Å². The largest absolute Gasteiger partial charge is 0.507 e. The molecule has 0 spiro atoms. The van der Waals surface area contributed by atoms with Gasteiger partial charge in [-0.3, -0.25) is 4.79 Å². The van der Waals surface area contributed by atoms with E-state index in [1.54, 1.807) is 6.07 Å². The first kappa shape index (κ1) is 15.5. The van der Waals surface area contributed by atoms with Crippen molar-refractivity contribution in [2.45, 2.75) is 13.8 Å². The van der Waals surface area contributed by atoms with Gasteiger partial charge in [0.15, 0.2) is 6.61 Å². The van der Waals surface area contributed by atoms with Crippen molar-refractivity contribution >= 4 is 27.8 Å². The highest BCUT2D eigenvalue weighted by Gasteiger charge is 2.14. The number of amides is 1. The first-order valence-electron chi connectivity index (χ1n) is 5.82. The Morgan fingerprint density at radius 2 is 2.11 bits per heavy atom. The van der Waals surface area contributed by atoms with Gasteiger partial charge in [-0.2, -0.15) is 0 Å². The number of hydrogen-bond donors (Lipinski definition) is 2. The van der Waals surface area contributed by atoms with Gasteiger partial charge >= 0.3 is 5.97 Å². The lowest BCUT2D eigenvalue weighted by Gasteiger charge is -2.09. The first-order chi connectivity index (χ1) is 8.90. The van der Waals surface area contributed by atoms with E-state index in [0.717, 1.165) is 0 Å². The van der Waals surface area contributed by atoms with Crippen molar-refractivity contribution < 1.29 is 19.4 Å². The number of nitrogens with one attached hydrogen (secondary N) is 1. The minimum atomic E-state index is -0.738. The second kappa shape index (κ2) is 7.13. The number of carbonyl (C=O) groups is 2. The van der Waals surface area contributed by atoms with Gasteiger partial charge in [-0.25, -0.2) is 4.79 Å². The van der Waals surface area contributed by atoms with E-state index in [4.69, 9.17) is 4.74 Å². The van der Waals surface area contributed by atoms with Crippen molar-refractivity contribution in [2.24, 2.45) is 5.92 Å². The summed E-state index contributed by atoms with van der Waals surface area (Å²) in [6, 6.07) is 4.41. The van der Waals surface area contributed by atoms with Crippen LogP contribution in [0.1, 0.15) is 24.2 Å². The van der Waals surface area contributed by atoms with Crippen LogP contribution in [-0.2, 0) is 9.53 Å². The lowest BCUT2D eigenvalue weighted by Crippen LogP contribution is -2.31. The van der Waals surface area contributed by atoms with Gasteiger partial charge < -0.3 is 15.2 Å². The molecule has 104 valence electrons. The van der Waals surface area contributed by atoms with Crippen molar-refractivity contribution in [1.82, 2.24) is 5.32 Å². The summed E-state index contributed by atoms with van der Waals surface area (Å²) in [6.07, 6.45) is 0. The first-order valence-corrected chi connectivity index (χ1v) is 6.61. The smallest absolute Gasteiger partial charge is 0.342 e. The van der Waals surface area contributed by atoms with Crippen molar-refractivity contribution in [3.63, 3.8) is 0 Å². The highest BCUT2D eigenvalue weighted by Crippen LogP contribution is 2.22. The molecule has 0 bridgehead atoms. The Kier molecular flexibility index (Phi) is 5.82. The Balaban J connectivity index is 2.51. The molecule has 0 atom stereocenters. The number of rotatable bonds is 5. The van der Waals surface area contributed by atoms with Crippen LogP contribution in [0, 0.1) is 5.92 Å². The number of aromatic hydroxyl groups is 1. The lowest BCUT2D eigenvalue weighted by atomic mass is 10.2. The fourth-order valence-electron chi connectivity index (χ4n) is 1.25. The maximum absolute atomic E-state index is 11.7. The van der Waals surface area contributed by atoms with Gasteiger partial charge in [-0.15, -0.1) is 0 Å². The van der Waals surface area contributed by atoms with E-state index in [1.165, 1.54) is 12.1 Å². The molecule has 1 aromatic rings. The van der Waals surface area contributed by atoms with Crippen LogP contribution in [0.2, 0.25) is 0 Å². The van der Waals surface area contributed by atoms with E-state index < -0.39 is 5.97 Å². The number of phenolic OH excluding ortho intramolecular Hbond substituents is 1.